The van der Waals surface area contributed by atoms with E-state index >= 15 is 4.39 Å². The van der Waals surface area contributed by atoms with E-state index in [1.54, 1.807) is 19.2 Å². The van der Waals surface area contributed by atoms with Gasteiger partial charge >= 0.3 is 6.18 Å². The van der Waals surface area contributed by atoms with Gasteiger partial charge in [0.05, 0.1) is 47.4 Å². The number of halogens is 4. The molecule has 0 saturated carbocycles. The van der Waals surface area contributed by atoms with Crippen molar-refractivity contribution in [1.29, 1.82) is 0 Å². The van der Waals surface area contributed by atoms with Gasteiger partial charge in [0.2, 0.25) is 11.8 Å². The van der Waals surface area contributed by atoms with E-state index in [1.165, 1.54) is 48.9 Å². The van der Waals surface area contributed by atoms with Crippen molar-refractivity contribution in [2.24, 2.45) is 0 Å². The Morgan fingerprint density at radius 3 is 2.46 bits per heavy atom. The van der Waals surface area contributed by atoms with Crippen LogP contribution in [0.4, 0.5) is 40.6 Å². The van der Waals surface area contributed by atoms with E-state index in [0.717, 1.165) is 12.3 Å². The molecule has 0 saturated heterocycles. The van der Waals surface area contributed by atoms with Crippen LogP contribution in [-0.4, -0.2) is 49.8 Å². The Bertz CT molecular complexity index is 1650. The Labute approximate surface area is 217 Å². The largest absolute Gasteiger partial charge is 0.481 e. The van der Waals surface area contributed by atoms with Crippen LogP contribution >= 0.6 is 0 Å². The molecule has 0 fully saturated rings. The molecule has 198 valence electrons. The van der Waals surface area contributed by atoms with Crippen molar-refractivity contribution >= 4 is 39.8 Å². The molecule has 39 heavy (non-hydrogen) atoms. The van der Waals surface area contributed by atoms with E-state index in [4.69, 9.17) is 4.74 Å². The van der Waals surface area contributed by atoms with Crippen LogP contribution in [0.1, 0.15) is 21.6 Å². The van der Waals surface area contributed by atoms with E-state index in [2.05, 4.69) is 35.2 Å². The Morgan fingerprint density at radius 2 is 1.82 bits per heavy atom. The molecule has 0 unspecified atom stereocenters. The quantitative estimate of drug-likeness (QED) is 0.167. The van der Waals surface area contributed by atoms with Crippen LogP contribution in [0.3, 0.4) is 0 Å². The fourth-order valence-electron chi connectivity index (χ4n) is 3.80. The molecule has 0 spiro atoms. The summed E-state index contributed by atoms with van der Waals surface area (Å²) in [5, 5.41) is 3.14. The number of hydrogen-bond acceptors (Lipinski definition) is 9. The topological polar surface area (TPSA) is 122 Å². The first-order valence-corrected chi connectivity index (χ1v) is 11.2. The highest BCUT2D eigenvalue weighted by atomic mass is 19.4. The van der Waals surface area contributed by atoms with Gasteiger partial charge in [0.15, 0.2) is 5.78 Å². The Balaban J connectivity index is 1.45. The number of anilines is 4. The molecule has 0 radical (unpaired) electrons. The van der Waals surface area contributed by atoms with Gasteiger partial charge in [0.1, 0.15) is 29.3 Å². The monoisotopic (exact) mass is 538 g/mol. The highest BCUT2D eigenvalue weighted by molar-refractivity contribution is 6.18. The summed E-state index contributed by atoms with van der Waals surface area (Å²) in [6.07, 6.45) is 0.520. The van der Waals surface area contributed by atoms with Gasteiger partial charge in [-0.15, -0.1) is 0 Å². The first-order valence-electron chi connectivity index (χ1n) is 11.2. The minimum Gasteiger partial charge on any atom is -0.481 e. The summed E-state index contributed by atoms with van der Waals surface area (Å²) in [5.74, 6) is -0.959. The average molecular weight is 538 g/mol. The fourth-order valence-corrected chi connectivity index (χ4v) is 3.80. The maximum atomic E-state index is 15.0. The predicted octanol–water partition coefficient (Wildman–Crippen LogP) is 5.05. The number of rotatable bonds is 7. The number of alkyl halides is 3. The SMILES string of the molecule is COc1ccc(Nc2ccc(C(=O)c3c[nH]c4ncnc(N(C)c5ccc(C(F)(F)F)nc5)c34)c(F)n2)cn1. The lowest BCUT2D eigenvalue weighted by molar-refractivity contribution is -0.141. The number of H-pyrrole nitrogens is 1. The number of carbonyl (C=O) groups excluding carboxylic acids is 1. The van der Waals surface area contributed by atoms with Gasteiger partial charge in [-0.05, 0) is 30.3 Å². The van der Waals surface area contributed by atoms with Gasteiger partial charge in [0, 0.05) is 19.3 Å². The molecular formula is C25H18F4N8O2. The second kappa shape index (κ2) is 9.96. The summed E-state index contributed by atoms with van der Waals surface area (Å²) >= 11 is 0. The normalized spacial score (nSPS) is 11.4. The van der Waals surface area contributed by atoms with Crippen molar-refractivity contribution in [3.63, 3.8) is 0 Å². The van der Waals surface area contributed by atoms with Crippen LogP contribution in [0.5, 0.6) is 5.88 Å². The van der Waals surface area contributed by atoms with Crippen molar-refractivity contribution in [3.05, 3.63) is 84.1 Å². The van der Waals surface area contributed by atoms with E-state index in [9.17, 15) is 18.0 Å². The number of nitrogens with zero attached hydrogens (tertiary/aromatic N) is 6. The number of ether oxygens (including phenoxy) is 1. The molecule has 0 aliphatic carbocycles. The summed E-state index contributed by atoms with van der Waals surface area (Å²) in [6.45, 7) is 0. The van der Waals surface area contributed by atoms with E-state index in [0.29, 0.717) is 11.6 Å². The summed E-state index contributed by atoms with van der Waals surface area (Å²) in [6, 6.07) is 8.08. The fraction of sp³-hybridized carbons (Fsp3) is 0.120. The second-order valence-electron chi connectivity index (χ2n) is 8.16. The maximum absolute atomic E-state index is 15.0. The van der Waals surface area contributed by atoms with Gasteiger partial charge in [-0.2, -0.15) is 17.6 Å². The average Bonchev–Trinajstić information content (AvgIpc) is 3.37. The lowest BCUT2D eigenvalue weighted by Crippen LogP contribution is -2.15. The van der Waals surface area contributed by atoms with Crippen LogP contribution in [0.25, 0.3) is 11.0 Å². The molecule has 5 heterocycles. The molecule has 14 heteroatoms. The molecule has 5 aromatic heterocycles. The molecule has 2 N–H and O–H groups in total. The molecule has 0 bridgehead atoms. The lowest BCUT2D eigenvalue weighted by atomic mass is 10.0. The molecule has 5 rings (SSSR count). The van der Waals surface area contributed by atoms with Crippen molar-refractivity contribution in [2.75, 3.05) is 24.4 Å². The van der Waals surface area contributed by atoms with Crippen LogP contribution in [0, 0.1) is 5.95 Å². The number of nitrogens with one attached hydrogen (secondary N) is 2. The molecule has 0 aliphatic rings. The predicted molar refractivity (Wildman–Crippen MR) is 133 cm³/mol. The highest BCUT2D eigenvalue weighted by Crippen LogP contribution is 2.33. The van der Waals surface area contributed by atoms with E-state index in [-0.39, 0.29) is 39.5 Å². The van der Waals surface area contributed by atoms with Gasteiger partial charge in [-0.1, -0.05) is 0 Å². The molecule has 0 aromatic carbocycles. The summed E-state index contributed by atoms with van der Waals surface area (Å²) < 4.78 is 58.8. The van der Waals surface area contributed by atoms with Crippen molar-refractivity contribution < 1.29 is 27.1 Å². The number of methoxy groups -OCH3 is 1. The first-order chi connectivity index (χ1) is 18.7. The van der Waals surface area contributed by atoms with Crippen molar-refractivity contribution in [3.8, 4) is 5.88 Å². The number of hydrogen-bond donors (Lipinski definition) is 2. The number of fused-ring (bicyclic) bond motifs is 1. The minimum atomic E-state index is -4.59. The number of aromatic amines is 1. The molecule has 0 atom stereocenters. The van der Waals surface area contributed by atoms with Crippen molar-refractivity contribution in [1.82, 2.24) is 29.9 Å². The van der Waals surface area contributed by atoms with Gasteiger partial charge in [0.25, 0.3) is 0 Å². The van der Waals surface area contributed by atoms with Crippen LogP contribution in [0.15, 0.2) is 61.3 Å². The zero-order valence-electron chi connectivity index (χ0n) is 20.3. The maximum Gasteiger partial charge on any atom is 0.433 e. The van der Waals surface area contributed by atoms with Gasteiger partial charge in [-0.3, -0.25) is 4.79 Å². The summed E-state index contributed by atoms with van der Waals surface area (Å²) in [4.78, 5) is 37.4. The second-order valence-corrected chi connectivity index (χ2v) is 8.16. The Morgan fingerprint density at radius 1 is 1.00 bits per heavy atom. The van der Waals surface area contributed by atoms with Crippen LogP contribution in [-0.2, 0) is 6.18 Å². The third kappa shape index (κ3) is 5.03. The third-order valence-corrected chi connectivity index (χ3v) is 5.75. The molecule has 0 aliphatic heterocycles. The zero-order valence-corrected chi connectivity index (χ0v) is 20.3. The first kappa shape index (κ1) is 25.5. The minimum absolute atomic E-state index is 0.0492. The van der Waals surface area contributed by atoms with E-state index in [1.807, 2.05) is 0 Å². The lowest BCUT2D eigenvalue weighted by Gasteiger charge is -2.19. The number of ketones is 1. The van der Waals surface area contributed by atoms with Gasteiger partial charge < -0.3 is 19.9 Å². The standard InChI is InChI=1S/C25H18F4N8O2/c1-37(14-4-6-17(30-10-14)25(27,28)29)24-20-16(11-32-23(20)33-12-34-24)21(38)15-5-7-18(36-22(15)26)35-13-3-8-19(39-2)31-9-13/h3-12H,1-2H3,(H,35,36)(H,32,33,34). The van der Waals surface area contributed by atoms with Gasteiger partial charge in [-0.25, -0.2) is 24.9 Å². The zero-order chi connectivity index (χ0) is 27.7. The van der Waals surface area contributed by atoms with Crippen LogP contribution in [0.2, 0.25) is 0 Å². The van der Waals surface area contributed by atoms with E-state index < -0.39 is 23.6 Å². The molecule has 10 nitrogen and oxygen atoms in total. The highest BCUT2D eigenvalue weighted by Gasteiger charge is 2.32. The number of aromatic nitrogens is 6. The van der Waals surface area contributed by atoms with Crippen LogP contribution < -0.4 is 15.0 Å². The Hall–Kier alpha value is -5.14. The summed E-state index contributed by atoms with van der Waals surface area (Å²) in [7, 11) is 3.03. The number of pyridine rings is 3. The van der Waals surface area contributed by atoms with Crippen molar-refractivity contribution in [2.45, 2.75) is 6.18 Å². The Kier molecular flexibility index (Phi) is 6.52. The third-order valence-electron chi connectivity index (χ3n) is 5.75. The molecule has 5 aromatic rings. The molecule has 0 amide bonds. The summed E-state index contributed by atoms with van der Waals surface area (Å²) in [5.41, 5.74) is -0.223. The molecular weight excluding hydrogens is 520 g/mol. The number of carbonyl (C=O) groups is 1. The smallest absolute Gasteiger partial charge is 0.433 e.